The standard InChI is InChI=1S/C16H30N2O3/c1-15(2,3)13(14(20)16(4,5)6)17-12(19)11-18-7-9-21-10-8-18/h13H,7-11H2,1-6H3,(H,17,19). The molecule has 5 nitrogen and oxygen atoms in total. The summed E-state index contributed by atoms with van der Waals surface area (Å²) in [6, 6.07) is -0.467. The van der Waals surface area contributed by atoms with Crippen molar-refractivity contribution in [3.8, 4) is 0 Å². The van der Waals surface area contributed by atoms with E-state index in [1.165, 1.54) is 0 Å². The number of ether oxygens (including phenoxy) is 1. The quantitative estimate of drug-likeness (QED) is 0.854. The first-order valence-electron chi connectivity index (χ1n) is 7.65. The molecule has 0 spiro atoms. The molecule has 122 valence electrons. The van der Waals surface area contributed by atoms with Crippen molar-refractivity contribution in [2.24, 2.45) is 10.8 Å². The summed E-state index contributed by atoms with van der Waals surface area (Å²) >= 11 is 0. The number of hydrogen-bond donors (Lipinski definition) is 1. The lowest BCUT2D eigenvalue weighted by Crippen LogP contribution is -2.55. The summed E-state index contributed by atoms with van der Waals surface area (Å²) in [7, 11) is 0. The van der Waals surface area contributed by atoms with Crippen molar-refractivity contribution in [1.82, 2.24) is 10.2 Å². The monoisotopic (exact) mass is 298 g/mol. The highest BCUT2D eigenvalue weighted by molar-refractivity contribution is 5.93. The van der Waals surface area contributed by atoms with E-state index in [9.17, 15) is 9.59 Å². The number of nitrogens with zero attached hydrogens (tertiary/aromatic N) is 1. The third-order valence-corrected chi connectivity index (χ3v) is 3.64. The van der Waals surface area contributed by atoms with Gasteiger partial charge in [-0.25, -0.2) is 0 Å². The van der Waals surface area contributed by atoms with Gasteiger partial charge in [0, 0.05) is 18.5 Å². The molecule has 1 N–H and O–H groups in total. The molecule has 1 atom stereocenters. The zero-order chi connectivity index (χ0) is 16.3. The molecule has 21 heavy (non-hydrogen) atoms. The molecule has 1 fully saturated rings. The zero-order valence-electron chi connectivity index (χ0n) is 14.3. The van der Waals surface area contributed by atoms with Gasteiger partial charge in [-0.2, -0.15) is 0 Å². The van der Waals surface area contributed by atoms with Crippen LogP contribution < -0.4 is 5.32 Å². The summed E-state index contributed by atoms with van der Waals surface area (Å²) in [5, 5.41) is 2.94. The van der Waals surface area contributed by atoms with E-state index in [2.05, 4.69) is 10.2 Å². The van der Waals surface area contributed by atoms with E-state index >= 15 is 0 Å². The first-order chi connectivity index (χ1) is 9.51. The van der Waals surface area contributed by atoms with Crippen LogP contribution in [0.4, 0.5) is 0 Å². The maximum absolute atomic E-state index is 12.6. The third-order valence-electron chi connectivity index (χ3n) is 3.64. The van der Waals surface area contributed by atoms with Gasteiger partial charge in [0.25, 0.3) is 0 Å². The van der Waals surface area contributed by atoms with Crippen LogP contribution in [0.2, 0.25) is 0 Å². The molecule has 0 bridgehead atoms. The SMILES string of the molecule is CC(C)(C)C(=O)C(NC(=O)CN1CCOCC1)C(C)(C)C. The minimum absolute atomic E-state index is 0.0744. The molecule has 5 heteroatoms. The predicted molar refractivity (Wildman–Crippen MR) is 83.1 cm³/mol. The Morgan fingerprint density at radius 2 is 1.62 bits per heavy atom. The van der Waals surface area contributed by atoms with Gasteiger partial charge in [-0.05, 0) is 5.41 Å². The van der Waals surface area contributed by atoms with Crippen molar-refractivity contribution < 1.29 is 14.3 Å². The number of morpholine rings is 1. The summed E-state index contributed by atoms with van der Waals surface area (Å²) < 4.78 is 5.27. The lowest BCUT2D eigenvalue weighted by Gasteiger charge is -2.35. The average Bonchev–Trinajstić information content (AvgIpc) is 2.34. The Labute approximate surface area is 128 Å². The van der Waals surface area contributed by atoms with Crippen LogP contribution in [0, 0.1) is 10.8 Å². The van der Waals surface area contributed by atoms with Crippen molar-refractivity contribution in [3.63, 3.8) is 0 Å². The number of rotatable bonds is 4. The van der Waals surface area contributed by atoms with Crippen molar-refractivity contribution in [2.45, 2.75) is 47.6 Å². The fraction of sp³-hybridized carbons (Fsp3) is 0.875. The van der Waals surface area contributed by atoms with Crippen LogP contribution in [-0.2, 0) is 14.3 Å². The molecule has 0 radical (unpaired) electrons. The molecule has 0 aliphatic carbocycles. The van der Waals surface area contributed by atoms with Gasteiger partial charge < -0.3 is 10.1 Å². The van der Waals surface area contributed by atoms with E-state index in [0.717, 1.165) is 13.1 Å². The van der Waals surface area contributed by atoms with Crippen molar-refractivity contribution >= 4 is 11.7 Å². The smallest absolute Gasteiger partial charge is 0.234 e. The molecular formula is C16H30N2O3. The van der Waals surface area contributed by atoms with Gasteiger partial charge in [0.15, 0.2) is 5.78 Å². The normalized spacial score (nSPS) is 19.1. The van der Waals surface area contributed by atoms with Gasteiger partial charge in [-0.3, -0.25) is 14.5 Å². The molecule has 1 unspecified atom stereocenters. The number of hydrogen-bond acceptors (Lipinski definition) is 4. The number of nitrogens with one attached hydrogen (secondary N) is 1. The molecule has 1 heterocycles. The van der Waals surface area contributed by atoms with Gasteiger partial charge in [0.1, 0.15) is 0 Å². The minimum Gasteiger partial charge on any atom is -0.379 e. The Kier molecular flexibility index (Phi) is 5.93. The molecule has 1 amide bonds. The van der Waals surface area contributed by atoms with E-state index < -0.39 is 11.5 Å². The summed E-state index contributed by atoms with van der Waals surface area (Å²) in [6.45, 7) is 14.8. The Balaban J connectivity index is 2.68. The van der Waals surface area contributed by atoms with E-state index in [-0.39, 0.29) is 17.1 Å². The molecule has 1 aliphatic rings. The third kappa shape index (κ3) is 5.75. The van der Waals surface area contributed by atoms with Crippen LogP contribution >= 0.6 is 0 Å². The summed E-state index contributed by atoms with van der Waals surface area (Å²) in [5.74, 6) is -0.0141. The van der Waals surface area contributed by atoms with Gasteiger partial charge >= 0.3 is 0 Å². The van der Waals surface area contributed by atoms with Crippen LogP contribution in [0.25, 0.3) is 0 Å². The number of amides is 1. The van der Waals surface area contributed by atoms with Crippen LogP contribution in [0.3, 0.4) is 0 Å². The van der Waals surface area contributed by atoms with Crippen LogP contribution in [-0.4, -0.2) is 55.5 Å². The first-order valence-corrected chi connectivity index (χ1v) is 7.65. The average molecular weight is 298 g/mol. The summed E-state index contributed by atoms with van der Waals surface area (Å²) in [6.07, 6.45) is 0. The number of Topliss-reactive ketones (excluding diaryl/α,β-unsaturated/α-hetero) is 1. The van der Waals surface area contributed by atoms with Gasteiger partial charge in [0.2, 0.25) is 5.91 Å². The van der Waals surface area contributed by atoms with Gasteiger partial charge in [-0.1, -0.05) is 41.5 Å². The second kappa shape index (κ2) is 6.88. The highest BCUT2D eigenvalue weighted by Gasteiger charge is 2.38. The second-order valence-electron chi connectivity index (χ2n) is 7.87. The van der Waals surface area contributed by atoms with E-state index in [1.54, 1.807) is 0 Å². The lowest BCUT2D eigenvalue weighted by atomic mass is 9.75. The van der Waals surface area contributed by atoms with E-state index in [4.69, 9.17) is 4.74 Å². The number of carbonyl (C=O) groups excluding carboxylic acids is 2. The largest absolute Gasteiger partial charge is 0.379 e. The highest BCUT2D eigenvalue weighted by atomic mass is 16.5. The molecule has 1 rings (SSSR count). The lowest BCUT2D eigenvalue weighted by molar-refractivity contribution is -0.136. The van der Waals surface area contributed by atoms with Gasteiger partial charge in [0.05, 0.1) is 25.8 Å². The fourth-order valence-corrected chi connectivity index (χ4v) is 2.28. The Morgan fingerprint density at radius 3 is 2.05 bits per heavy atom. The second-order valence-corrected chi connectivity index (χ2v) is 7.87. The van der Waals surface area contributed by atoms with Gasteiger partial charge in [-0.15, -0.1) is 0 Å². The first kappa shape index (κ1) is 18.1. The zero-order valence-corrected chi connectivity index (χ0v) is 14.3. The molecule has 0 aromatic rings. The molecular weight excluding hydrogens is 268 g/mol. The van der Waals surface area contributed by atoms with E-state index in [1.807, 2.05) is 41.5 Å². The Bertz CT molecular complexity index is 374. The fourth-order valence-electron chi connectivity index (χ4n) is 2.28. The van der Waals surface area contributed by atoms with Crippen LogP contribution in [0.15, 0.2) is 0 Å². The molecule has 0 aromatic carbocycles. The van der Waals surface area contributed by atoms with Crippen molar-refractivity contribution in [1.29, 1.82) is 0 Å². The molecule has 1 saturated heterocycles. The van der Waals surface area contributed by atoms with Crippen LogP contribution in [0.5, 0.6) is 0 Å². The van der Waals surface area contributed by atoms with E-state index in [0.29, 0.717) is 19.8 Å². The van der Waals surface area contributed by atoms with Crippen LogP contribution in [0.1, 0.15) is 41.5 Å². The van der Waals surface area contributed by atoms with Crippen molar-refractivity contribution in [2.75, 3.05) is 32.8 Å². The summed E-state index contributed by atoms with van der Waals surface area (Å²) in [4.78, 5) is 26.9. The topological polar surface area (TPSA) is 58.6 Å². The summed E-state index contributed by atoms with van der Waals surface area (Å²) in [5.41, 5.74) is -0.769. The Hall–Kier alpha value is -0.940. The molecule has 1 aliphatic heterocycles. The molecule has 0 saturated carbocycles. The number of ketones is 1. The number of carbonyl (C=O) groups is 2. The predicted octanol–water partition coefficient (Wildman–Crippen LogP) is 1.46. The van der Waals surface area contributed by atoms with Crippen molar-refractivity contribution in [3.05, 3.63) is 0 Å². The Morgan fingerprint density at radius 1 is 1.10 bits per heavy atom. The minimum atomic E-state index is -0.468. The maximum atomic E-state index is 12.6. The highest BCUT2D eigenvalue weighted by Crippen LogP contribution is 2.27. The molecule has 0 aromatic heterocycles. The maximum Gasteiger partial charge on any atom is 0.234 e.